The van der Waals surface area contributed by atoms with Gasteiger partial charge >= 0.3 is 0 Å². The van der Waals surface area contributed by atoms with Gasteiger partial charge in [0.05, 0.1) is 5.69 Å². The van der Waals surface area contributed by atoms with Crippen molar-refractivity contribution < 1.29 is 4.63 Å². The van der Waals surface area contributed by atoms with Crippen LogP contribution in [-0.4, -0.2) is 15.6 Å². The zero-order valence-electron chi connectivity index (χ0n) is 9.60. The Morgan fingerprint density at radius 3 is 2.56 bits per heavy atom. The van der Waals surface area contributed by atoms with Crippen molar-refractivity contribution in [2.45, 2.75) is 30.9 Å². The van der Waals surface area contributed by atoms with Crippen LogP contribution in [0.15, 0.2) is 21.7 Å². The first-order valence-corrected chi connectivity index (χ1v) is 6.15. The molecule has 16 heavy (non-hydrogen) atoms. The van der Waals surface area contributed by atoms with Gasteiger partial charge in [-0.1, -0.05) is 20.8 Å². The van der Waals surface area contributed by atoms with Gasteiger partial charge in [-0.25, -0.2) is 4.63 Å². The molecule has 2 N–H and O–H groups in total. The molecule has 4 nitrogen and oxygen atoms in total. The van der Waals surface area contributed by atoms with Gasteiger partial charge in [0.2, 0.25) is 0 Å². The largest absolute Gasteiger partial charge is 0.397 e. The third kappa shape index (κ3) is 2.00. The number of nitrogens with two attached hydrogens (primary N) is 1. The fraction of sp³-hybridized carbons (Fsp3) is 0.455. The van der Waals surface area contributed by atoms with E-state index in [4.69, 9.17) is 10.4 Å². The van der Waals surface area contributed by atoms with Crippen LogP contribution in [0.25, 0.3) is 11.0 Å². The Kier molecular flexibility index (Phi) is 3.05. The maximum Gasteiger partial charge on any atom is 0.159 e. The van der Waals surface area contributed by atoms with E-state index in [1.165, 1.54) is 0 Å². The number of nitrogen functional groups attached to an aromatic ring is 1. The summed E-state index contributed by atoms with van der Waals surface area (Å²) >= 11 is 1.78. The predicted octanol–water partition coefficient (Wildman–Crippen LogP) is 2.94. The Morgan fingerprint density at radius 2 is 1.88 bits per heavy atom. The van der Waals surface area contributed by atoms with Crippen molar-refractivity contribution in [3.05, 3.63) is 12.1 Å². The SMILES string of the molecule is CC(C)C(C)Sc1ccc(N)c2nonc12. The van der Waals surface area contributed by atoms with Gasteiger partial charge in [0.15, 0.2) is 11.0 Å². The highest BCUT2D eigenvalue weighted by Gasteiger charge is 2.15. The molecule has 0 aliphatic heterocycles. The van der Waals surface area contributed by atoms with Crippen molar-refractivity contribution in [2.75, 3.05) is 5.73 Å². The van der Waals surface area contributed by atoms with Crippen LogP contribution in [0.1, 0.15) is 20.8 Å². The van der Waals surface area contributed by atoms with E-state index in [9.17, 15) is 0 Å². The van der Waals surface area contributed by atoms with Crippen LogP contribution < -0.4 is 5.73 Å². The molecule has 1 heterocycles. The zero-order chi connectivity index (χ0) is 11.7. The number of benzene rings is 1. The molecule has 0 bridgehead atoms. The summed E-state index contributed by atoms with van der Waals surface area (Å²) in [5.41, 5.74) is 7.81. The van der Waals surface area contributed by atoms with Gasteiger partial charge < -0.3 is 5.73 Å². The summed E-state index contributed by atoms with van der Waals surface area (Å²) in [6.45, 7) is 6.60. The Bertz CT molecular complexity index is 495. The Morgan fingerprint density at radius 1 is 1.19 bits per heavy atom. The monoisotopic (exact) mass is 237 g/mol. The molecule has 0 spiro atoms. The fourth-order valence-electron chi connectivity index (χ4n) is 1.29. The summed E-state index contributed by atoms with van der Waals surface area (Å²) in [6, 6.07) is 3.83. The minimum Gasteiger partial charge on any atom is -0.397 e. The molecule has 2 aromatic rings. The fourth-order valence-corrected chi connectivity index (χ4v) is 2.36. The van der Waals surface area contributed by atoms with Crippen LogP contribution in [0.2, 0.25) is 0 Å². The van der Waals surface area contributed by atoms with Gasteiger partial charge in [-0.3, -0.25) is 0 Å². The summed E-state index contributed by atoms with van der Waals surface area (Å²) in [6.07, 6.45) is 0. The standard InChI is InChI=1S/C11H15N3OS/c1-6(2)7(3)16-9-5-4-8(12)10-11(9)14-15-13-10/h4-7H,12H2,1-3H3. The lowest BCUT2D eigenvalue weighted by molar-refractivity contribution is 0.315. The highest BCUT2D eigenvalue weighted by molar-refractivity contribution is 8.00. The summed E-state index contributed by atoms with van der Waals surface area (Å²) < 4.78 is 4.74. The van der Waals surface area contributed by atoms with E-state index in [0.29, 0.717) is 22.4 Å². The van der Waals surface area contributed by atoms with E-state index in [2.05, 4.69) is 31.1 Å². The van der Waals surface area contributed by atoms with Gasteiger partial charge in [-0.05, 0) is 28.4 Å². The quantitative estimate of drug-likeness (QED) is 0.656. The molecule has 1 aromatic carbocycles. The Labute approximate surface area is 98.5 Å². The highest BCUT2D eigenvalue weighted by Crippen LogP contribution is 2.33. The number of rotatable bonds is 3. The summed E-state index contributed by atoms with van der Waals surface area (Å²) in [5.74, 6) is 0.609. The number of nitrogens with zero attached hydrogens (tertiary/aromatic N) is 2. The van der Waals surface area contributed by atoms with Crippen LogP contribution in [-0.2, 0) is 0 Å². The predicted molar refractivity (Wildman–Crippen MR) is 66.4 cm³/mol. The number of fused-ring (bicyclic) bond motifs is 1. The first-order chi connectivity index (χ1) is 7.59. The average molecular weight is 237 g/mol. The van der Waals surface area contributed by atoms with Gasteiger partial charge in [-0.2, -0.15) is 0 Å². The number of hydrogen-bond acceptors (Lipinski definition) is 5. The zero-order valence-corrected chi connectivity index (χ0v) is 10.4. The molecule has 0 saturated carbocycles. The molecule has 1 atom stereocenters. The van der Waals surface area contributed by atoms with Gasteiger partial charge in [0.25, 0.3) is 0 Å². The number of aromatic nitrogens is 2. The first kappa shape index (κ1) is 11.3. The van der Waals surface area contributed by atoms with E-state index in [1.54, 1.807) is 11.8 Å². The van der Waals surface area contributed by atoms with Crippen LogP contribution >= 0.6 is 11.8 Å². The average Bonchev–Trinajstić information content (AvgIpc) is 2.71. The number of hydrogen-bond donors (Lipinski definition) is 1. The third-order valence-electron chi connectivity index (χ3n) is 2.66. The molecule has 0 amide bonds. The Hall–Kier alpha value is -1.23. The highest BCUT2D eigenvalue weighted by atomic mass is 32.2. The third-order valence-corrected chi connectivity index (χ3v) is 4.16. The lowest BCUT2D eigenvalue weighted by Crippen LogP contribution is -2.05. The van der Waals surface area contributed by atoms with Crippen LogP contribution in [0, 0.1) is 5.92 Å². The van der Waals surface area contributed by atoms with E-state index < -0.39 is 0 Å². The summed E-state index contributed by atoms with van der Waals surface area (Å²) in [7, 11) is 0. The maximum atomic E-state index is 5.79. The molecule has 5 heteroatoms. The second-order valence-electron chi connectivity index (χ2n) is 4.18. The summed E-state index contributed by atoms with van der Waals surface area (Å²) in [5, 5.41) is 8.23. The molecule has 0 aliphatic rings. The van der Waals surface area contributed by atoms with E-state index in [1.807, 2.05) is 12.1 Å². The minimum absolute atomic E-state index is 0.517. The Balaban J connectivity index is 2.38. The topological polar surface area (TPSA) is 64.9 Å². The second-order valence-corrected chi connectivity index (χ2v) is 5.60. The van der Waals surface area contributed by atoms with Gasteiger partial charge in [0, 0.05) is 10.1 Å². The van der Waals surface area contributed by atoms with E-state index in [-0.39, 0.29) is 0 Å². The van der Waals surface area contributed by atoms with Crippen molar-refractivity contribution in [1.29, 1.82) is 0 Å². The molecular weight excluding hydrogens is 222 g/mol. The van der Waals surface area contributed by atoms with Gasteiger partial charge in [-0.15, -0.1) is 11.8 Å². The first-order valence-electron chi connectivity index (χ1n) is 5.27. The van der Waals surface area contributed by atoms with Crippen LogP contribution in [0.4, 0.5) is 5.69 Å². The summed E-state index contributed by atoms with van der Waals surface area (Å²) in [4.78, 5) is 1.08. The smallest absolute Gasteiger partial charge is 0.159 e. The van der Waals surface area contributed by atoms with E-state index >= 15 is 0 Å². The molecular formula is C11H15N3OS. The van der Waals surface area contributed by atoms with Crippen LogP contribution in [0.3, 0.4) is 0 Å². The van der Waals surface area contributed by atoms with Gasteiger partial charge in [0.1, 0.15) is 0 Å². The minimum atomic E-state index is 0.517. The molecule has 0 fully saturated rings. The number of thioether (sulfide) groups is 1. The molecule has 1 aromatic heterocycles. The molecule has 86 valence electrons. The normalized spacial score (nSPS) is 13.5. The van der Waals surface area contributed by atoms with Crippen molar-refractivity contribution in [3.8, 4) is 0 Å². The van der Waals surface area contributed by atoms with Crippen molar-refractivity contribution in [3.63, 3.8) is 0 Å². The lowest BCUT2D eigenvalue weighted by Gasteiger charge is -2.14. The maximum absolute atomic E-state index is 5.79. The van der Waals surface area contributed by atoms with Crippen molar-refractivity contribution in [2.24, 2.45) is 5.92 Å². The van der Waals surface area contributed by atoms with Crippen molar-refractivity contribution >= 4 is 28.5 Å². The number of anilines is 1. The lowest BCUT2D eigenvalue weighted by atomic mass is 10.2. The molecule has 1 unspecified atom stereocenters. The molecule has 0 saturated heterocycles. The molecule has 0 radical (unpaired) electrons. The van der Waals surface area contributed by atoms with Crippen molar-refractivity contribution in [1.82, 2.24) is 10.3 Å². The molecule has 0 aliphatic carbocycles. The van der Waals surface area contributed by atoms with E-state index in [0.717, 1.165) is 10.4 Å². The molecule has 2 rings (SSSR count). The second kappa shape index (κ2) is 4.33. The van der Waals surface area contributed by atoms with Crippen LogP contribution in [0.5, 0.6) is 0 Å².